The van der Waals surface area contributed by atoms with E-state index >= 15 is 0 Å². The number of likely N-dealkylation sites (N-methyl/N-ethyl adjacent to an activating group) is 1. The van der Waals surface area contributed by atoms with Crippen molar-refractivity contribution >= 4 is 0 Å². The van der Waals surface area contributed by atoms with Gasteiger partial charge in [0.1, 0.15) is 0 Å². The molecule has 1 fully saturated rings. The van der Waals surface area contributed by atoms with Crippen molar-refractivity contribution in [2.75, 3.05) is 13.6 Å². The van der Waals surface area contributed by atoms with Gasteiger partial charge in [-0.1, -0.05) is 13.0 Å². The fraction of sp³-hybridized carbons (Fsp3) is 0.643. The highest BCUT2D eigenvalue weighted by atomic mass is 15.2. The lowest BCUT2D eigenvalue weighted by atomic mass is 9.82. The smallest absolute Gasteiger partial charge is 0.0357 e. The summed E-state index contributed by atoms with van der Waals surface area (Å²) >= 11 is 0. The van der Waals surface area contributed by atoms with E-state index in [1.165, 1.54) is 18.4 Å². The lowest BCUT2D eigenvalue weighted by Gasteiger charge is -2.43. The molecule has 0 saturated heterocycles. The van der Waals surface area contributed by atoms with Crippen LogP contribution in [0.4, 0.5) is 0 Å². The third-order valence-electron chi connectivity index (χ3n) is 4.68. The summed E-state index contributed by atoms with van der Waals surface area (Å²) in [6.45, 7) is 6.26. The van der Waals surface area contributed by atoms with E-state index in [0.29, 0.717) is 12.0 Å². The van der Waals surface area contributed by atoms with E-state index in [2.05, 4.69) is 36.8 Å². The molecule has 0 radical (unpaired) electrons. The van der Waals surface area contributed by atoms with E-state index in [1.807, 2.05) is 18.5 Å². The van der Waals surface area contributed by atoms with Crippen molar-refractivity contribution in [1.82, 2.24) is 9.88 Å². The van der Waals surface area contributed by atoms with Crippen molar-refractivity contribution in [2.45, 2.75) is 38.8 Å². The zero-order valence-corrected chi connectivity index (χ0v) is 11.1. The zero-order valence-electron chi connectivity index (χ0n) is 11.1. The van der Waals surface area contributed by atoms with Crippen LogP contribution in [-0.2, 0) is 6.54 Å². The molecule has 1 saturated carbocycles. The maximum absolute atomic E-state index is 6.03. The van der Waals surface area contributed by atoms with Crippen LogP contribution in [0, 0.1) is 5.41 Å². The van der Waals surface area contributed by atoms with E-state index in [0.717, 1.165) is 6.54 Å². The molecule has 3 nitrogen and oxygen atoms in total. The maximum atomic E-state index is 6.03. The summed E-state index contributed by atoms with van der Waals surface area (Å²) in [6.07, 6.45) is 6.33. The van der Waals surface area contributed by atoms with Gasteiger partial charge < -0.3 is 5.73 Å². The quantitative estimate of drug-likeness (QED) is 0.846. The van der Waals surface area contributed by atoms with Crippen LogP contribution >= 0.6 is 0 Å². The first-order chi connectivity index (χ1) is 8.02. The number of nitrogens with two attached hydrogens (primary N) is 1. The highest BCUT2D eigenvalue weighted by molar-refractivity contribution is 5.13. The summed E-state index contributed by atoms with van der Waals surface area (Å²) in [6, 6.07) is 4.11. The van der Waals surface area contributed by atoms with Crippen molar-refractivity contribution < 1.29 is 0 Å². The first kappa shape index (κ1) is 12.5. The summed E-state index contributed by atoms with van der Waals surface area (Å²) < 4.78 is 0. The van der Waals surface area contributed by atoms with E-state index in [1.54, 1.807) is 0 Å². The van der Waals surface area contributed by atoms with Gasteiger partial charge in [0.2, 0.25) is 0 Å². The Balaban J connectivity index is 2.11. The Labute approximate surface area is 104 Å². The standard InChI is InChI=1S/C14H23N3/c1-13(6-7-13)14(2,11-15)17(3)10-12-5-4-8-16-9-12/h4-5,8-9H,6-7,10-11,15H2,1-3H3. The van der Waals surface area contributed by atoms with Gasteiger partial charge in [0.15, 0.2) is 0 Å². The van der Waals surface area contributed by atoms with Gasteiger partial charge >= 0.3 is 0 Å². The lowest BCUT2D eigenvalue weighted by molar-refractivity contribution is 0.0658. The second-order valence-electron chi connectivity index (χ2n) is 5.76. The fourth-order valence-electron chi connectivity index (χ4n) is 2.53. The molecule has 1 aliphatic carbocycles. The maximum Gasteiger partial charge on any atom is 0.0357 e. The monoisotopic (exact) mass is 233 g/mol. The van der Waals surface area contributed by atoms with Gasteiger partial charge in [-0.25, -0.2) is 0 Å². The first-order valence-corrected chi connectivity index (χ1v) is 6.32. The van der Waals surface area contributed by atoms with E-state index in [9.17, 15) is 0 Å². The highest BCUT2D eigenvalue weighted by Gasteiger charge is 2.54. The Morgan fingerprint density at radius 2 is 2.24 bits per heavy atom. The number of hydrogen-bond acceptors (Lipinski definition) is 3. The van der Waals surface area contributed by atoms with Crippen molar-refractivity contribution in [3.8, 4) is 0 Å². The molecule has 1 aromatic heterocycles. The van der Waals surface area contributed by atoms with Gasteiger partial charge in [-0.15, -0.1) is 0 Å². The molecule has 1 atom stereocenters. The van der Waals surface area contributed by atoms with Gasteiger partial charge in [-0.05, 0) is 43.9 Å². The van der Waals surface area contributed by atoms with Gasteiger partial charge in [0.25, 0.3) is 0 Å². The Morgan fingerprint density at radius 1 is 1.53 bits per heavy atom. The van der Waals surface area contributed by atoms with Crippen molar-refractivity contribution in [3.05, 3.63) is 30.1 Å². The predicted molar refractivity (Wildman–Crippen MR) is 70.5 cm³/mol. The van der Waals surface area contributed by atoms with Crippen LogP contribution in [0.1, 0.15) is 32.3 Å². The van der Waals surface area contributed by atoms with Gasteiger partial charge in [0.05, 0.1) is 0 Å². The third-order valence-corrected chi connectivity index (χ3v) is 4.68. The Morgan fingerprint density at radius 3 is 2.71 bits per heavy atom. The highest BCUT2D eigenvalue weighted by Crippen LogP contribution is 2.55. The van der Waals surface area contributed by atoms with Crippen LogP contribution in [-0.4, -0.2) is 29.0 Å². The largest absolute Gasteiger partial charge is 0.329 e. The van der Waals surface area contributed by atoms with Crippen LogP contribution in [0.3, 0.4) is 0 Å². The van der Waals surface area contributed by atoms with E-state index in [4.69, 9.17) is 5.73 Å². The summed E-state index contributed by atoms with van der Waals surface area (Å²) in [4.78, 5) is 6.55. The van der Waals surface area contributed by atoms with E-state index < -0.39 is 0 Å². The number of pyridine rings is 1. The summed E-state index contributed by atoms with van der Waals surface area (Å²) in [5.41, 5.74) is 7.75. The third kappa shape index (κ3) is 2.22. The molecule has 17 heavy (non-hydrogen) atoms. The molecule has 0 bridgehead atoms. The molecule has 0 aromatic carbocycles. The van der Waals surface area contributed by atoms with Crippen LogP contribution in [0.2, 0.25) is 0 Å². The Kier molecular flexibility index (Phi) is 3.23. The molecule has 0 amide bonds. The molecule has 2 rings (SSSR count). The van der Waals surface area contributed by atoms with E-state index in [-0.39, 0.29) is 5.54 Å². The van der Waals surface area contributed by atoms with Crippen LogP contribution in [0.25, 0.3) is 0 Å². The SMILES string of the molecule is CN(Cc1cccnc1)C(C)(CN)C1(C)CC1. The summed E-state index contributed by atoms with van der Waals surface area (Å²) in [7, 11) is 2.17. The molecule has 0 aliphatic heterocycles. The molecular formula is C14H23N3. The van der Waals surface area contributed by atoms with Crippen LogP contribution < -0.4 is 5.73 Å². The minimum absolute atomic E-state index is 0.0862. The van der Waals surface area contributed by atoms with Gasteiger partial charge in [-0.2, -0.15) is 0 Å². The number of hydrogen-bond donors (Lipinski definition) is 1. The average molecular weight is 233 g/mol. The lowest BCUT2D eigenvalue weighted by Crippen LogP contribution is -2.55. The van der Waals surface area contributed by atoms with Crippen molar-refractivity contribution in [2.24, 2.45) is 11.1 Å². The molecule has 1 aromatic rings. The average Bonchev–Trinajstić information content (AvgIpc) is 3.09. The first-order valence-electron chi connectivity index (χ1n) is 6.32. The molecule has 0 spiro atoms. The molecule has 1 heterocycles. The van der Waals surface area contributed by atoms with Crippen molar-refractivity contribution in [3.63, 3.8) is 0 Å². The molecule has 1 aliphatic rings. The number of rotatable bonds is 5. The minimum Gasteiger partial charge on any atom is -0.329 e. The Bertz CT molecular complexity index is 372. The topological polar surface area (TPSA) is 42.2 Å². The van der Waals surface area contributed by atoms with Crippen LogP contribution in [0.15, 0.2) is 24.5 Å². The predicted octanol–water partition coefficient (Wildman–Crippen LogP) is 2.03. The normalized spacial score (nSPS) is 21.2. The molecule has 2 N–H and O–H groups in total. The summed E-state index contributed by atoms with van der Waals surface area (Å²) in [5.74, 6) is 0. The molecule has 3 heteroatoms. The zero-order chi connectivity index (χ0) is 12.5. The Hall–Kier alpha value is -0.930. The van der Waals surface area contributed by atoms with Crippen LogP contribution in [0.5, 0.6) is 0 Å². The van der Waals surface area contributed by atoms with Gasteiger partial charge in [0, 0.05) is 31.0 Å². The second kappa shape index (κ2) is 4.39. The second-order valence-corrected chi connectivity index (χ2v) is 5.76. The molecule has 94 valence electrons. The van der Waals surface area contributed by atoms with Gasteiger partial charge in [-0.3, -0.25) is 9.88 Å². The summed E-state index contributed by atoms with van der Waals surface area (Å²) in [5, 5.41) is 0. The molecule has 1 unspecified atom stereocenters. The number of aromatic nitrogens is 1. The van der Waals surface area contributed by atoms with Crippen molar-refractivity contribution in [1.29, 1.82) is 0 Å². The molecular weight excluding hydrogens is 210 g/mol. The fourth-order valence-corrected chi connectivity index (χ4v) is 2.53. The number of nitrogens with zero attached hydrogens (tertiary/aromatic N) is 2. The minimum atomic E-state index is 0.0862.